The number of nitrogens with one attached hydrogen (secondary N) is 1. The van der Waals surface area contributed by atoms with Crippen LogP contribution in [0, 0.1) is 18.2 Å². The van der Waals surface area contributed by atoms with Crippen LogP contribution >= 0.6 is 7.60 Å². The first-order valence-corrected chi connectivity index (χ1v) is 25.0. The van der Waals surface area contributed by atoms with Gasteiger partial charge in [0, 0.05) is 34.9 Å². The van der Waals surface area contributed by atoms with Gasteiger partial charge in [-0.15, -0.1) is 6.42 Å². The Morgan fingerprint density at radius 2 is 1.64 bits per heavy atom. The van der Waals surface area contributed by atoms with E-state index in [1.165, 1.54) is 17.2 Å². The summed E-state index contributed by atoms with van der Waals surface area (Å²) in [6, 6.07) is 4.41. The Kier molecular flexibility index (Phi) is 16.9. The number of nitrogens with zero attached hydrogens (tertiary/aromatic N) is 3. The Bertz CT molecular complexity index is 2520. The summed E-state index contributed by atoms with van der Waals surface area (Å²) in [5.41, 5.74) is -0.378. The number of ether oxygens (including phenoxy) is 1. The van der Waals surface area contributed by atoms with E-state index < -0.39 is 76.3 Å². The maximum Gasteiger partial charge on any atom is 0.416 e. The molecule has 0 spiro atoms. The number of terminal acetylenes is 1. The predicted octanol–water partition coefficient (Wildman–Crippen LogP) is 3.79. The van der Waals surface area contributed by atoms with Crippen LogP contribution in [0.25, 0.3) is 0 Å². The number of hydrogen-bond acceptors (Lipinski definition) is 13. The normalized spacial score (nSPS) is 16.8. The van der Waals surface area contributed by atoms with E-state index in [1.807, 2.05) is 5.32 Å². The van der Waals surface area contributed by atoms with Crippen molar-refractivity contribution in [1.29, 1.82) is 0 Å². The SMILES string of the molecule is C#CCN1C(=O)COc2cc(F)c(N3C(=O)C4=C(CCCC4)C3=O)cc21.CS(=O)(=O)c1cc(C(F)(F)F)ccc1C(=O)c1cnoc1C1CC1.C[S+](C)C.O=C(O)CNCP(=O)([O-])O. The number of carboxylic acid groups (broad SMARTS) is 1. The number of ketones is 1. The molecule has 17 nitrogen and oxygen atoms in total. The number of hydrogen-bond donors (Lipinski definition) is 3. The molecule has 1 saturated carbocycles. The van der Waals surface area contributed by atoms with Crippen molar-refractivity contribution in [2.75, 3.05) is 60.8 Å². The summed E-state index contributed by atoms with van der Waals surface area (Å²) < 4.78 is 97.2. The van der Waals surface area contributed by atoms with Gasteiger partial charge in [-0.05, 0) is 73.7 Å². The van der Waals surface area contributed by atoms with Crippen LogP contribution in [0.4, 0.5) is 28.9 Å². The van der Waals surface area contributed by atoms with Crippen molar-refractivity contribution in [1.82, 2.24) is 10.5 Å². The van der Waals surface area contributed by atoms with Gasteiger partial charge in [-0.3, -0.25) is 34.2 Å². The van der Waals surface area contributed by atoms with E-state index in [0.29, 0.717) is 52.8 Å². The van der Waals surface area contributed by atoms with E-state index >= 15 is 0 Å². The Balaban J connectivity index is 0.000000218. The van der Waals surface area contributed by atoms with Crippen LogP contribution in [-0.4, -0.2) is 104 Å². The number of aliphatic carboxylic acids is 1. The highest BCUT2D eigenvalue weighted by molar-refractivity contribution is 7.94. The van der Waals surface area contributed by atoms with E-state index in [0.717, 1.165) is 49.0 Å². The summed E-state index contributed by atoms with van der Waals surface area (Å²) in [5, 5.41) is 13.5. The van der Waals surface area contributed by atoms with Crippen LogP contribution in [0.2, 0.25) is 0 Å². The average Bonchev–Trinajstić information content (AvgIpc) is 3.86. The fourth-order valence-corrected chi connectivity index (χ4v) is 7.60. The molecule has 3 N–H and O–H groups in total. The number of imide groups is 1. The zero-order valence-electron chi connectivity index (χ0n) is 34.7. The summed E-state index contributed by atoms with van der Waals surface area (Å²) in [6.07, 6.45) is 12.7. The van der Waals surface area contributed by atoms with Crippen molar-refractivity contribution in [3.8, 4) is 18.1 Å². The number of fused-ring (bicyclic) bond motifs is 1. The molecule has 1 atom stereocenters. The third-order valence-corrected chi connectivity index (χ3v) is 10.9. The number of carbonyl (C=O) groups is 5. The van der Waals surface area contributed by atoms with Crippen LogP contribution in [0.3, 0.4) is 0 Å². The molecule has 2 aromatic carbocycles. The van der Waals surface area contributed by atoms with Crippen molar-refractivity contribution < 1.29 is 78.7 Å². The maximum absolute atomic E-state index is 14.7. The van der Waals surface area contributed by atoms with Crippen molar-refractivity contribution >= 4 is 69.2 Å². The largest absolute Gasteiger partial charge is 0.778 e. The van der Waals surface area contributed by atoms with Crippen molar-refractivity contribution in [2.45, 2.75) is 55.5 Å². The number of alkyl halides is 3. The third kappa shape index (κ3) is 13.3. The number of halogens is 4. The molecule has 2 aliphatic carbocycles. The molecular formula is C40H43F4N4O13PS2. The molecule has 3 amide bonds. The standard InChI is InChI=1S/C19H15FN2O4.C15H12F3NO4S.C3H8NO5P.C3H9S/c1-2-7-21-15-9-14(13(20)8-16(15)26-10-17(21)23)22-18(24)11-5-3-4-6-12(11)19(22)25;1-24(21,22)12-6-9(15(16,17)18)4-5-10(12)13(20)11-7-19-23-14(11)8-2-3-8;5-3(6)1-4-2-10(7,8)9;1-4(2)3/h1,8-9H,3-7,10H2;4-8H,2-3H2,1H3;4H,1-2H2,(H,5,6)(H2,7,8,9);1-3H3/q;;;+1/p-1. The van der Waals surface area contributed by atoms with Gasteiger partial charge in [0.1, 0.15) is 13.3 Å². The molecule has 0 saturated heterocycles. The van der Waals surface area contributed by atoms with Crippen molar-refractivity contribution in [2.24, 2.45) is 0 Å². The lowest BCUT2D eigenvalue weighted by Crippen LogP contribution is -2.39. The number of sulfone groups is 1. The molecule has 1 fully saturated rings. The Hall–Kier alpha value is -5.37. The van der Waals surface area contributed by atoms with Gasteiger partial charge < -0.3 is 28.7 Å². The van der Waals surface area contributed by atoms with Gasteiger partial charge in [-0.25, -0.2) is 17.7 Å². The molecule has 346 valence electrons. The average molecular weight is 959 g/mol. The number of amides is 3. The molecule has 1 aromatic heterocycles. The quantitative estimate of drug-likeness (QED) is 0.0653. The fourth-order valence-electron chi connectivity index (χ4n) is 6.31. The topological polar surface area (TPSA) is 254 Å². The van der Waals surface area contributed by atoms with Gasteiger partial charge >= 0.3 is 12.1 Å². The second-order valence-corrected chi connectivity index (χ2v) is 20.9. The van der Waals surface area contributed by atoms with Crippen molar-refractivity contribution in [3.05, 3.63) is 75.9 Å². The highest BCUT2D eigenvalue weighted by Gasteiger charge is 2.42. The lowest BCUT2D eigenvalue weighted by Gasteiger charge is -2.29. The summed E-state index contributed by atoms with van der Waals surface area (Å²) in [6.45, 7) is -0.741. The minimum atomic E-state index is -4.71. The van der Waals surface area contributed by atoms with Crippen molar-refractivity contribution in [3.63, 3.8) is 0 Å². The second-order valence-electron chi connectivity index (χ2n) is 14.9. The molecule has 24 heteroatoms. The molecule has 2 aliphatic heterocycles. The second kappa shape index (κ2) is 21.1. The summed E-state index contributed by atoms with van der Waals surface area (Å²) in [7, 11) is -7.75. The van der Waals surface area contributed by atoms with Gasteiger partial charge in [0.25, 0.3) is 17.7 Å². The summed E-state index contributed by atoms with van der Waals surface area (Å²) in [4.78, 5) is 79.3. The van der Waals surface area contributed by atoms with Gasteiger partial charge in [-0.1, -0.05) is 11.1 Å². The zero-order chi connectivity index (χ0) is 47.9. The molecule has 4 aliphatic rings. The highest BCUT2D eigenvalue weighted by Crippen LogP contribution is 2.43. The molecule has 0 radical (unpaired) electrons. The van der Waals surface area contributed by atoms with Crippen LogP contribution in [-0.2, 0) is 50.7 Å². The Morgan fingerprint density at radius 3 is 2.14 bits per heavy atom. The van der Waals surface area contributed by atoms with Crippen LogP contribution in [0.15, 0.2) is 57.1 Å². The minimum Gasteiger partial charge on any atom is -0.778 e. The Morgan fingerprint density at radius 1 is 1.05 bits per heavy atom. The van der Waals surface area contributed by atoms with E-state index in [-0.39, 0.29) is 53.2 Å². The Labute approximate surface area is 367 Å². The predicted molar refractivity (Wildman–Crippen MR) is 223 cm³/mol. The number of aromatic nitrogens is 1. The van der Waals surface area contributed by atoms with E-state index in [1.54, 1.807) is 0 Å². The number of carboxylic acids is 1. The van der Waals surface area contributed by atoms with Crippen LogP contribution in [0.1, 0.15) is 71.7 Å². The fraction of sp³-hybridized carbons (Fsp3) is 0.400. The van der Waals surface area contributed by atoms with Crippen LogP contribution < -0.4 is 24.7 Å². The highest BCUT2D eigenvalue weighted by atomic mass is 32.2. The van der Waals surface area contributed by atoms with E-state index in [9.17, 15) is 59.4 Å². The number of carbonyl (C=O) groups excluding carboxylic acids is 4. The van der Waals surface area contributed by atoms with E-state index in [4.69, 9.17) is 25.7 Å². The van der Waals surface area contributed by atoms with Gasteiger partial charge in [0.2, 0.25) is 0 Å². The summed E-state index contributed by atoms with van der Waals surface area (Å²) >= 11 is 0. The zero-order valence-corrected chi connectivity index (χ0v) is 37.2. The first kappa shape index (κ1) is 51.3. The van der Waals surface area contributed by atoms with Gasteiger partial charge in [-0.2, -0.15) is 13.2 Å². The number of benzene rings is 2. The third-order valence-electron chi connectivity index (χ3n) is 9.18. The van der Waals surface area contributed by atoms with Gasteiger partial charge in [0.15, 0.2) is 33.8 Å². The molecular weight excluding hydrogens is 916 g/mol. The van der Waals surface area contributed by atoms with Crippen LogP contribution in [0.5, 0.6) is 5.75 Å². The molecule has 7 rings (SSSR count). The summed E-state index contributed by atoms with van der Waals surface area (Å²) in [5.74, 6) is -1.09. The lowest BCUT2D eigenvalue weighted by atomic mass is 9.93. The smallest absolute Gasteiger partial charge is 0.416 e. The monoisotopic (exact) mass is 958 g/mol. The first-order valence-electron chi connectivity index (χ1n) is 18.9. The minimum absolute atomic E-state index is 0.0170. The molecule has 64 heavy (non-hydrogen) atoms. The molecule has 0 bridgehead atoms. The van der Waals surface area contributed by atoms with Gasteiger partial charge in [0.05, 0.1) is 71.7 Å². The molecule has 3 aromatic rings. The molecule has 1 unspecified atom stereocenters. The number of anilines is 2. The van der Waals surface area contributed by atoms with E-state index in [2.05, 4.69) is 29.8 Å². The maximum atomic E-state index is 14.7. The lowest BCUT2D eigenvalue weighted by molar-refractivity contribution is -0.193. The first-order chi connectivity index (χ1) is 29.8. The molecule has 3 heterocycles. The number of rotatable bonds is 10.